The van der Waals surface area contributed by atoms with E-state index in [-0.39, 0.29) is 24.4 Å². The molecule has 7 heteroatoms. The largest absolute Gasteiger partial charge is 0.454 e. The highest BCUT2D eigenvalue weighted by atomic mass is 16.5. The van der Waals surface area contributed by atoms with Gasteiger partial charge in [0.05, 0.1) is 11.6 Å². The summed E-state index contributed by atoms with van der Waals surface area (Å²) in [5.74, 6) is -1.32. The molecular weight excluding hydrogens is 334 g/mol. The number of rotatable bonds is 6. The first-order chi connectivity index (χ1) is 12.3. The van der Waals surface area contributed by atoms with Crippen molar-refractivity contribution in [2.75, 3.05) is 11.9 Å². The van der Waals surface area contributed by atoms with Crippen molar-refractivity contribution < 1.29 is 19.1 Å². The molecule has 0 fully saturated rings. The summed E-state index contributed by atoms with van der Waals surface area (Å²) < 4.78 is 6.98. The number of ether oxygens (including phenoxy) is 1. The van der Waals surface area contributed by atoms with Crippen LogP contribution in [0.2, 0.25) is 0 Å². The molecule has 1 amide bonds. The van der Waals surface area contributed by atoms with Crippen molar-refractivity contribution in [1.82, 2.24) is 4.57 Å². The van der Waals surface area contributed by atoms with E-state index in [1.165, 1.54) is 24.3 Å². The molecular formula is C19H19N3O4. The third kappa shape index (κ3) is 4.36. The van der Waals surface area contributed by atoms with Crippen LogP contribution >= 0.6 is 0 Å². The van der Waals surface area contributed by atoms with Crippen molar-refractivity contribution in [3.05, 3.63) is 52.8 Å². The zero-order valence-corrected chi connectivity index (χ0v) is 14.8. The van der Waals surface area contributed by atoms with E-state index in [0.29, 0.717) is 11.3 Å². The van der Waals surface area contributed by atoms with Crippen LogP contribution in [0, 0.1) is 25.2 Å². The number of hydrogen-bond donors (Lipinski definition) is 1. The normalized spacial score (nSPS) is 10.1. The van der Waals surface area contributed by atoms with Gasteiger partial charge in [-0.15, -0.1) is 0 Å². The average Bonchev–Trinajstić information content (AvgIpc) is 2.87. The first kappa shape index (κ1) is 18.9. The van der Waals surface area contributed by atoms with Crippen molar-refractivity contribution in [1.29, 1.82) is 5.26 Å². The summed E-state index contributed by atoms with van der Waals surface area (Å²) in [4.78, 5) is 35.6. The highest BCUT2D eigenvalue weighted by Gasteiger charge is 2.16. The highest BCUT2D eigenvalue weighted by Crippen LogP contribution is 2.15. The van der Waals surface area contributed by atoms with Crippen LogP contribution in [0.1, 0.15) is 38.5 Å². The minimum atomic E-state index is -0.626. The standard InChI is InChI=1S/C19H19N3O4/c1-12-10-16(13(2)22(12)3)17(23)11-26-19(25)14-4-6-15(7-5-14)21-18(24)8-9-20/h4-7,10H,8,11H2,1-3H3,(H,21,24). The summed E-state index contributed by atoms with van der Waals surface area (Å²) in [6, 6.07) is 9.53. The molecule has 0 radical (unpaired) electrons. The van der Waals surface area contributed by atoms with Gasteiger partial charge in [-0.1, -0.05) is 0 Å². The summed E-state index contributed by atoms with van der Waals surface area (Å²) in [7, 11) is 1.87. The Morgan fingerprint density at radius 1 is 1.19 bits per heavy atom. The topological polar surface area (TPSA) is 101 Å². The van der Waals surface area contributed by atoms with Crippen molar-refractivity contribution >= 4 is 23.3 Å². The van der Waals surface area contributed by atoms with E-state index in [1.54, 1.807) is 12.1 Å². The fourth-order valence-electron chi connectivity index (χ4n) is 2.40. The van der Waals surface area contributed by atoms with Crippen molar-refractivity contribution in [3.8, 4) is 6.07 Å². The minimum Gasteiger partial charge on any atom is -0.454 e. The molecule has 0 aliphatic heterocycles. The third-order valence-corrected chi connectivity index (χ3v) is 4.05. The van der Waals surface area contributed by atoms with Gasteiger partial charge in [-0.05, 0) is 44.2 Å². The van der Waals surface area contributed by atoms with Gasteiger partial charge in [-0.25, -0.2) is 4.79 Å². The second-order valence-corrected chi connectivity index (χ2v) is 5.80. The lowest BCUT2D eigenvalue weighted by Gasteiger charge is -2.06. The van der Waals surface area contributed by atoms with Gasteiger partial charge in [0.15, 0.2) is 6.61 Å². The molecule has 0 unspecified atom stereocenters. The number of nitriles is 1. The Morgan fingerprint density at radius 2 is 1.85 bits per heavy atom. The number of benzene rings is 1. The zero-order valence-electron chi connectivity index (χ0n) is 14.8. The second kappa shape index (κ2) is 8.12. The van der Waals surface area contributed by atoms with Crippen LogP contribution in [0.3, 0.4) is 0 Å². The monoisotopic (exact) mass is 353 g/mol. The van der Waals surface area contributed by atoms with E-state index < -0.39 is 11.9 Å². The number of nitrogens with zero attached hydrogens (tertiary/aromatic N) is 2. The molecule has 0 atom stereocenters. The zero-order chi connectivity index (χ0) is 19.3. The van der Waals surface area contributed by atoms with Gasteiger partial charge < -0.3 is 14.6 Å². The van der Waals surface area contributed by atoms with Crippen molar-refractivity contribution in [2.45, 2.75) is 20.3 Å². The van der Waals surface area contributed by atoms with Gasteiger partial charge >= 0.3 is 5.97 Å². The number of aromatic nitrogens is 1. The lowest BCUT2D eigenvalue weighted by atomic mass is 10.1. The van der Waals surface area contributed by atoms with E-state index in [1.807, 2.05) is 25.5 Å². The summed E-state index contributed by atoms with van der Waals surface area (Å²) in [6.07, 6.45) is -0.246. The predicted octanol–water partition coefficient (Wildman–Crippen LogP) is 2.53. The Balaban J connectivity index is 1.95. The Hall–Kier alpha value is -3.40. The average molecular weight is 353 g/mol. The highest BCUT2D eigenvalue weighted by molar-refractivity contribution is 6.00. The number of ketones is 1. The molecule has 0 saturated heterocycles. The molecule has 0 aliphatic rings. The van der Waals surface area contributed by atoms with E-state index in [2.05, 4.69) is 5.32 Å². The van der Waals surface area contributed by atoms with Crippen molar-refractivity contribution in [3.63, 3.8) is 0 Å². The molecule has 134 valence electrons. The summed E-state index contributed by atoms with van der Waals surface area (Å²) in [5.41, 5.74) is 3.03. The molecule has 0 aliphatic carbocycles. The lowest BCUT2D eigenvalue weighted by molar-refractivity contribution is -0.115. The van der Waals surface area contributed by atoms with Gasteiger partial charge in [0.1, 0.15) is 6.42 Å². The maximum Gasteiger partial charge on any atom is 0.338 e. The number of carbonyl (C=O) groups is 3. The second-order valence-electron chi connectivity index (χ2n) is 5.80. The fourth-order valence-corrected chi connectivity index (χ4v) is 2.40. The number of nitrogens with one attached hydrogen (secondary N) is 1. The molecule has 1 heterocycles. The maximum atomic E-state index is 12.2. The molecule has 0 spiro atoms. The Labute approximate surface area is 151 Å². The Kier molecular flexibility index (Phi) is 5.91. The lowest BCUT2D eigenvalue weighted by Crippen LogP contribution is -2.15. The van der Waals surface area contributed by atoms with Crippen LogP contribution in [0.4, 0.5) is 5.69 Å². The number of amides is 1. The Bertz CT molecular complexity index is 889. The van der Waals surface area contributed by atoms with E-state index >= 15 is 0 Å². The number of aryl methyl sites for hydroxylation is 1. The smallest absolute Gasteiger partial charge is 0.338 e. The number of carbonyl (C=O) groups excluding carboxylic acids is 3. The molecule has 1 aromatic heterocycles. The fraction of sp³-hybridized carbons (Fsp3) is 0.263. The first-order valence-corrected chi connectivity index (χ1v) is 7.93. The van der Waals surface area contributed by atoms with Crippen molar-refractivity contribution in [2.24, 2.45) is 7.05 Å². The molecule has 0 bridgehead atoms. The molecule has 2 rings (SSSR count). The van der Waals surface area contributed by atoms with Gasteiger partial charge in [-0.2, -0.15) is 5.26 Å². The van der Waals surface area contributed by atoms with Crippen LogP contribution in [-0.4, -0.2) is 28.8 Å². The molecule has 0 saturated carbocycles. The predicted molar refractivity (Wildman–Crippen MR) is 94.8 cm³/mol. The Morgan fingerprint density at radius 3 is 2.38 bits per heavy atom. The van der Waals surface area contributed by atoms with E-state index in [4.69, 9.17) is 10.00 Å². The minimum absolute atomic E-state index is 0.246. The summed E-state index contributed by atoms with van der Waals surface area (Å²) in [6.45, 7) is 3.39. The number of anilines is 1. The van der Waals surface area contributed by atoms with Gasteiger partial charge in [0.25, 0.3) is 0 Å². The first-order valence-electron chi connectivity index (χ1n) is 7.93. The van der Waals surface area contributed by atoms with Crippen LogP contribution in [0.25, 0.3) is 0 Å². The summed E-state index contributed by atoms with van der Waals surface area (Å²) >= 11 is 0. The van der Waals surface area contributed by atoms with E-state index in [9.17, 15) is 14.4 Å². The third-order valence-electron chi connectivity index (χ3n) is 4.05. The van der Waals surface area contributed by atoms with Gasteiger partial charge in [0, 0.05) is 29.7 Å². The van der Waals surface area contributed by atoms with Crippen LogP contribution in [0.5, 0.6) is 0 Å². The van der Waals surface area contributed by atoms with E-state index in [0.717, 1.165) is 11.4 Å². The molecule has 1 aromatic carbocycles. The SMILES string of the molecule is Cc1cc(C(=O)COC(=O)c2ccc(NC(=O)CC#N)cc2)c(C)n1C. The van der Waals surface area contributed by atoms with Crippen LogP contribution in [0.15, 0.2) is 30.3 Å². The van der Waals surface area contributed by atoms with Gasteiger partial charge in [-0.3, -0.25) is 9.59 Å². The molecule has 2 aromatic rings. The molecule has 26 heavy (non-hydrogen) atoms. The van der Waals surface area contributed by atoms with Crippen LogP contribution in [-0.2, 0) is 16.6 Å². The molecule has 7 nitrogen and oxygen atoms in total. The summed E-state index contributed by atoms with van der Waals surface area (Å²) in [5, 5.41) is 11.0. The quantitative estimate of drug-likeness (QED) is 0.635. The van der Waals surface area contributed by atoms with Crippen LogP contribution < -0.4 is 5.32 Å². The van der Waals surface area contributed by atoms with Gasteiger partial charge in [0.2, 0.25) is 11.7 Å². The number of esters is 1. The number of hydrogen-bond acceptors (Lipinski definition) is 5. The number of Topliss-reactive ketones (excluding diaryl/α,β-unsaturated/α-hetero) is 1. The molecule has 1 N–H and O–H groups in total. The maximum absolute atomic E-state index is 12.2.